The third-order valence-electron chi connectivity index (χ3n) is 4.48. The molecule has 2 atom stereocenters. The molecular formula is C15H19N5O. The predicted octanol–water partition coefficient (Wildman–Crippen LogP) is 0.731. The first kappa shape index (κ1) is 12.8. The lowest BCUT2D eigenvalue weighted by Gasteiger charge is -2.33. The third-order valence-corrected chi connectivity index (χ3v) is 4.48. The Labute approximate surface area is 123 Å². The Morgan fingerprint density at radius 2 is 2.10 bits per heavy atom. The first-order valence-corrected chi connectivity index (χ1v) is 7.31. The van der Waals surface area contributed by atoms with E-state index in [1.54, 1.807) is 0 Å². The Morgan fingerprint density at radius 1 is 1.24 bits per heavy atom. The maximum atomic E-state index is 6.08. The molecule has 0 aliphatic carbocycles. The molecule has 2 aliphatic heterocycles. The molecule has 21 heavy (non-hydrogen) atoms. The smallest absolute Gasteiger partial charge is 0.228 e. The molecule has 2 aliphatic rings. The minimum absolute atomic E-state index is 0.236. The van der Waals surface area contributed by atoms with E-state index in [0.717, 1.165) is 37.1 Å². The fourth-order valence-electron chi connectivity index (χ4n) is 3.25. The summed E-state index contributed by atoms with van der Waals surface area (Å²) in [6.07, 6.45) is 0.236. The summed E-state index contributed by atoms with van der Waals surface area (Å²) in [4.78, 5) is 13.7. The molecule has 6 heteroatoms. The molecule has 1 aromatic heterocycles. The van der Waals surface area contributed by atoms with Crippen LogP contribution < -0.4 is 10.6 Å². The molecule has 110 valence electrons. The summed E-state index contributed by atoms with van der Waals surface area (Å²) in [7, 11) is 2.15. The second kappa shape index (κ2) is 4.82. The van der Waals surface area contributed by atoms with Crippen LogP contribution >= 0.6 is 0 Å². The molecule has 0 amide bonds. The van der Waals surface area contributed by atoms with Crippen LogP contribution in [-0.2, 0) is 4.74 Å². The molecule has 2 saturated heterocycles. The highest BCUT2D eigenvalue weighted by molar-refractivity contribution is 5.88. The van der Waals surface area contributed by atoms with Crippen LogP contribution in [0.2, 0.25) is 0 Å². The standard InChI is InChI=1S/C15H19N5O/c1-19-6-7-21-13-9-20(8-12(13)19)15-17-11-5-3-2-4-10(11)14(16)18-15/h2-5,12-13H,6-9H2,1H3,(H2,16,17,18). The summed E-state index contributed by atoms with van der Waals surface area (Å²) in [5.41, 5.74) is 6.97. The first-order chi connectivity index (χ1) is 10.2. The van der Waals surface area contributed by atoms with Crippen molar-refractivity contribution in [3.63, 3.8) is 0 Å². The van der Waals surface area contributed by atoms with E-state index in [1.165, 1.54) is 0 Å². The normalized spacial score (nSPS) is 26.2. The van der Waals surface area contributed by atoms with Crippen LogP contribution in [0.15, 0.2) is 24.3 Å². The molecule has 2 aromatic rings. The van der Waals surface area contributed by atoms with Crippen LogP contribution in [0, 0.1) is 0 Å². The second-order valence-corrected chi connectivity index (χ2v) is 5.79. The molecule has 6 nitrogen and oxygen atoms in total. The van der Waals surface area contributed by atoms with Gasteiger partial charge in [-0.05, 0) is 19.2 Å². The lowest BCUT2D eigenvalue weighted by molar-refractivity contribution is -0.0362. The fraction of sp³-hybridized carbons (Fsp3) is 0.467. The number of aromatic nitrogens is 2. The number of benzene rings is 1. The predicted molar refractivity (Wildman–Crippen MR) is 82.3 cm³/mol. The monoisotopic (exact) mass is 285 g/mol. The Bertz CT molecular complexity index is 676. The van der Waals surface area contributed by atoms with Crippen LogP contribution in [0.4, 0.5) is 11.8 Å². The van der Waals surface area contributed by atoms with E-state index in [0.29, 0.717) is 17.8 Å². The highest BCUT2D eigenvalue weighted by atomic mass is 16.5. The lowest BCUT2D eigenvalue weighted by atomic mass is 10.1. The van der Waals surface area contributed by atoms with Gasteiger partial charge in [-0.25, -0.2) is 4.98 Å². The highest BCUT2D eigenvalue weighted by Gasteiger charge is 2.39. The molecule has 0 saturated carbocycles. The molecule has 2 unspecified atom stereocenters. The van der Waals surface area contributed by atoms with Gasteiger partial charge >= 0.3 is 0 Å². The number of ether oxygens (including phenoxy) is 1. The Hall–Kier alpha value is -1.92. The van der Waals surface area contributed by atoms with E-state index >= 15 is 0 Å². The number of anilines is 2. The van der Waals surface area contributed by atoms with Gasteiger partial charge in [0.25, 0.3) is 0 Å². The number of nitrogens with zero attached hydrogens (tertiary/aromatic N) is 4. The van der Waals surface area contributed by atoms with E-state index in [-0.39, 0.29) is 6.10 Å². The maximum absolute atomic E-state index is 6.08. The first-order valence-electron chi connectivity index (χ1n) is 7.31. The van der Waals surface area contributed by atoms with Crippen molar-refractivity contribution in [1.29, 1.82) is 0 Å². The van der Waals surface area contributed by atoms with Crippen molar-refractivity contribution in [2.24, 2.45) is 0 Å². The summed E-state index contributed by atoms with van der Waals surface area (Å²) in [5, 5.41) is 0.909. The number of rotatable bonds is 1. The van der Waals surface area contributed by atoms with E-state index in [9.17, 15) is 0 Å². The van der Waals surface area contributed by atoms with Crippen LogP contribution in [0.5, 0.6) is 0 Å². The molecule has 2 N–H and O–H groups in total. The summed E-state index contributed by atoms with van der Waals surface area (Å²) in [5.74, 6) is 1.25. The summed E-state index contributed by atoms with van der Waals surface area (Å²) in [6, 6.07) is 8.27. The van der Waals surface area contributed by atoms with Gasteiger partial charge in [-0.3, -0.25) is 4.90 Å². The van der Waals surface area contributed by atoms with Crippen LogP contribution in [-0.4, -0.2) is 60.3 Å². The topological polar surface area (TPSA) is 67.5 Å². The second-order valence-electron chi connectivity index (χ2n) is 5.79. The van der Waals surface area contributed by atoms with E-state index in [1.807, 2.05) is 24.3 Å². The van der Waals surface area contributed by atoms with Crippen LogP contribution in [0.1, 0.15) is 0 Å². The van der Waals surface area contributed by atoms with Gasteiger partial charge < -0.3 is 15.4 Å². The van der Waals surface area contributed by atoms with Crippen molar-refractivity contribution in [2.45, 2.75) is 12.1 Å². The van der Waals surface area contributed by atoms with Crippen molar-refractivity contribution < 1.29 is 4.74 Å². The summed E-state index contributed by atoms with van der Waals surface area (Å²) < 4.78 is 5.87. The van der Waals surface area contributed by atoms with Crippen molar-refractivity contribution in [2.75, 3.05) is 43.9 Å². The molecule has 0 spiro atoms. The minimum atomic E-state index is 0.236. The molecule has 4 rings (SSSR count). The largest absolute Gasteiger partial charge is 0.383 e. The van der Waals surface area contributed by atoms with Gasteiger partial charge in [0.15, 0.2) is 0 Å². The molecule has 0 bridgehead atoms. The van der Waals surface area contributed by atoms with Gasteiger partial charge in [0, 0.05) is 25.0 Å². The maximum Gasteiger partial charge on any atom is 0.228 e. The van der Waals surface area contributed by atoms with Gasteiger partial charge in [0.2, 0.25) is 5.95 Å². The molecular weight excluding hydrogens is 266 g/mol. The van der Waals surface area contributed by atoms with Crippen molar-refractivity contribution in [3.05, 3.63) is 24.3 Å². The van der Waals surface area contributed by atoms with Gasteiger partial charge in [-0.15, -0.1) is 0 Å². The van der Waals surface area contributed by atoms with E-state index in [2.05, 4.69) is 26.8 Å². The number of nitrogen functional groups attached to an aromatic ring is 1. The number of morpholine rings is 1. The average Bonchev–Trinajstić information content (AvgIpc) is 2.93. The molecule has 2 fully saturated rings. The zero-order chi connectivity index (χ0) is 14.4. The number of fused-ring (bicyclic) bond motifs is 2. The van der Waals surface area contributed by atoms with Crippen molar-refractivity contribution in [1.82, 2.24) is 14.9 Å². The van der Waals surface area contributed by atoms with Crippen molar-refractivity contribution >= 4 is 22.7 Å². The van der Waals surface area contributed by atoms with Gasteiger partial charge in [0.1, 0.15) is 5.82 Å². The third kappa shape index (κ3) is 2.11. The lowest BCUT2D eigenvalue weighted by Crippen LogP contribution is -2.48. The molecule has 3 heterocycles. The van der Waals surface area contributed by atoms with Crippen molar-refractivity contribution in [3.8, 4) is 0 Å². The van der Waals surface area contributed by atoms with Gasteiger partial charge in [0.05, 0.1) is 24.3 Å². The Morgan fingerprint density at radius 3 is 2.95 bits per heavy atom. The van der Waals surface area contributed by atoms with Crippen LogP contribution in [0.3, 0.4) is 0 Å². The SMILES string of the molecule is CN1CCOC2CN(c3nc(N)c4ccccc4n3)CC21. The summed E-state index contributed by atoms with van der Waals surface area (Å²) in [6.45, 7) is 3.49. The number of hydrogen-bond donors (Lipinski definition) is 1. The van der Waals surface area contributed by atoms with Crippen LogP contribution in [0.25, 0.3) is 10.9 Å². The zero-order valence-electron chi connectivity index (χ0n) is 12.1. The molecule has 1 aromatic carbocycles. The average molecular weight is 285 g/mol. The minimum Gasteiger partial charge on any atom is -0.383 e. The van der Waals surface area contributed by atoms with Gasteiger partial charge in [-0.1, -0.05) is 12.1 Å². The fourth-order valence-corrected chi connectivity index (χ4v) is 3.25. The van der Waals surface area contributed by atoms with Gasteiger partial charge in [-0.2, -0.15) is 4.98 Å². The van der Waals surface area contributed by atoms with E-state index < -0.39 is 0 Å². The quantitative estimate of drug-likeness (QED) is 0.833. The number of para-hydroxylation sites is 1. The highest BCUT2D eigenvalue weighted by Crippen LogP contribution is 2.27. The van der Waals surface area contributed by atoms with E-state index in [4.69, 9.17) is 10.5 Å². The number of hydrogen-bond acceptors (Lipinski definition) is 6. The number of nitrogens with two attached hydrogens (primary N) is 1. The zero-order valence-corrected chi connectivity index (χ0v) is 12.1. The summed E-state index contributed by atoms with van der Waals surface area (Å²) >= 11 is 0. The Kier molecular flexibility index (Phi) is 2.94. The Balaban J connectivity index is 1.68. The molecule has 0 radical (unpaired) electrons. The number of likely N-dealkylation sites (N-methyl/N-ethyl adjacent to an activating group) is 1.